The van der Waals surface area contributed by atoms with Crippen LogP contribution in [0.5, 0.6) is 0 Å². The third kappa shape index (κ3) is 3.17. The first kappa shape index (κ1) is 14.1. The van der Waals surface area contributed by atoms with Gasteiger partial charge in [-0.1, -0.05) is 30.5 Å². The monoisotopic (exact) mass is 289 g/mol. The number of alkyl halides is 1. The summed E-state index contributed by atoms with van der Waals surface area (Å²) in [7, 11) is 1.99. The third-order valence-electron chi connectivity index (χ3n) is 3.68. The maximum Gasteiger partial charge on any atom is 0.129 e. The summed E-state index contributed by atoms with van der Waals surface area (Å²) in [5.41, 5.74) is 0.566. The molecule has 1 aromatic rings. The van der Waals surface area contributed by atoms with Crippen molar-refractivity contribution in [1.29, 1.82) is 0 Å². The highest BCUT2D eigenvalue weighted by Crippen LogP contribution is 2.29. The first-order valence-electron chi connectivity index (χ1n) is 6.37. The minimum atomic E-state index is -0.240. The lowest BCUT2D eigenvalue weighted by molar-refractivity contribution is 0.186. The standard InChI is InChI=1S/C14H18Cl2FN/c1-18(14-8-3-2-5-12(14)16)9-10-11(15)6-4-7-13(10)17/h4,6-7,12,14H,2-3,5,8-9H2,1H3. The van der Waals surface area contributed by atoms with E-state index in [1.165, 1.54) is 18.9 Å². The summed E-state index contributed by atoms with van der Waals surface area (Å²) >= 11 is 12.4. The zero-order valence-corrected chi connectivity index (χ0v) is 12.0. The molecule has 0 heterocycles. The molecule has 1 fully saturated rings. The minimum absolute atomic E-state index is 0.161. The maximum atomic E-state index is 13.7. The van der Waals surface area contributed by atoms with Crippen molar-refractivity contribution < 1.29 is 4.39 Å². The maximum absolute atomic E-state index is 13.7. The summed E-state index contributed by atoms with van der Waals surface area (Å²) in [6, 6.07) is 5.13. The minimum Gasteiger partial charge on any atom is -0.298 e. The Hall–Kier alpha value is -0.310. The average Bonchev–Trinajstić information content (AvgIpc) is 2.34. The molecule has 0 aliphatic heterocycles. The summed E-state index contributed by atoms with van der Waals surface area (Å²) in [5.74, 6) is -0.240. The first-order chi connectivity index (χ1) is 8.59. The molecule has 0 saturated heterocycles. The van der Waals surface area contributed by atoms with Crippen molar-refractivity contribution in [2.75, 3.05) is 7.05 Å². The van der Waals surface area contributed by atoms with E-state index in [2.05, 4.69) is 4.90 Å². The Kier molecular flexibility index (Phi) is 4.88. The predicted octanol–water partition coefficient (Wildman–Crippen LogP) is 4.46. The highest BCUT2D eigenvalue weighted by Gasteiger charge is 2.27. The van der Waals surface area contributed by atoms with Crippen molar-refractivity contribution in [3.63, 3.8) is 0 Å². The van der Waals surface area contributed by atoms with E-state index in [1.54, 1.807) is 12.1 Å². The Morgan fingerprint density at radius 2 is 2.06 bits per heavy atom. The van der Waals surface area contributed by atoms with Crippen molar-refractivity contribution in [2.45, 2.75) is 43.6 Å². The van der Waals surface area contributed by atoms with Gasteiger partial charge in [0.25, 0.3) is 0 Å². The molecule has 1 saturated carbocycles. The van der Waals surface area contributed by atoms with Gasteiger partial charge in [-0.15, -0.1) is 11.6 Å². The summed E-state index contributed by atoms with van der Waals surface area (Å²) in [5, 5.41) is 0.651. The molecule has 0 N–H and O–H groups in total. The molecule has 2 atom stereocenters. The van der Waals surface area contributed by atoms with Gasteiger partial charge >= 0.3 is 0 Å². The van der Waals surface area contributed by atoms with E-state index in [1.807, 2.05) is 7.05 Å². The van der Waals surface area contributed by atoms with Gasteiger partial charge < -0.3 is 0 Å². The highest BCUT2D eigenvalue weighted by atomic mass is 35.5. The van der Waals surface area contributed by atoms with Crippen LogP contribution < -0.4 is 0 Å². The third-order valence-corrected chi connectivity index (χ3v) is 4.55. The number of halogens is 3. The predicted molar refractivity (Wildman–Crippen MR) is 74.8 cm³/mol. The fraction of sp³-hybridized carbons (Fsp3) is 0.571. The number of hydrogen-bond donors (Lipinski definition) is 0. The van der Waals surface area contributed by atoms with Gasteiger partial charge in [-0.3, -0.25) is 4.90 Å². The van der Waals surface area contributed by atoms with Gasteiger partial charge in [0.15, 0.2) is 0 Å². The van der Waals surface area contributed by atoms with Crippen molar-refractivity contribution in [3.8, 4) is 0 Å². The Morgan fingerprint density at radius 3 is 2.72 bits per heavy atom. The molecular formula is C14H18Cl2FN. The number of rotatable bonds is 3. The number of hydrogen-bond acceptors (Lipinski definition) is 1. The molecule has 100 valence electrons. The summed E-state index contributed by atoms with van der Waals surface area (Å²) in [4.78, 5) is 2.13. The second kappa shape index (κ2) is 6.23. The molecule has 0 bridgehead atoms. The van der Waals surface area contributed by atoms with Crippen LogP contribution in [-0.2, 0) is 6.54 Å². The number of nitrogens with zero attached hydrogens (tertiary/aromatic N) is 1. The molecule has 2 unspecified atom stereocenters. The Balaban J connectivity index is 2.08. The fourth-order valence-corrected chi connectivity index (χ4v) is 3.31. The Labute approximate surface area is 118 Å². The van der Waals surface area contributed by atoms with Crippen LogP contribution in [0, 0.1) is 5.82 Å². The molecule has 18 heavy (non-hydrogen) atoms. The van der Waals surface area contributed by atoms with Gasteiger partial charge in [0.1, 0.15) is 5.82 Å². The molecular weight excluding hydrogens is 272 g/mol. The van der Waals surface area contributed by atoms with Crippen LogP contribution >= 0.6 is 23.2 Å². The number of benzene rings is 1. The second-order valence-corrected chi connectivity index (χ2v) is 5.95. The molecule has 0 spiro atoms. The molecule has 1 aromatic carbocycles. The zero-order chi connectivity index (χ0) is 13.1. The normalized spacial score (nSPS) is 24.5. The van der Waals surface area contributed by atoms with Crippen molar-refractivity contribution in [2.24, 2.45) is 0 Å². The zero-order valence-electron chi connectivity index (χ0n) is 10.5. The summed E-state index contributed by atoms with van der Waals surface area (Å²) < 4.78 is 13.7. The first-order valence-corrected chi connectivity index (χ1v) is 7.18. The smallest absolute Gasteiger partial charge is 0.129 e. The van der Waals surface area contributed by atoms with E-state index in [0.717, 1.165) is 12.8 Å². The van der Waals surface area contributed by atoms with Gasteiger partial charge in [-0.2, -0.15) is 0 Å². The molecule has 4 heteroatoms. The quantitative estimate of drug-likeness (QED) is 0.743. The van der Waals surface area contributed by atoms with Crippen LogP contribution in [0.2, 0.25) is 5.02 Å². The van der Waals surface area contributed by atoms with Crippen molar-refractivity contribution in [3.05, 3.63) is 34.6 Å². The SMILES string of the molecule is CN(Cc1c(F)cccc1Cl)C1CCCCC1Cl. The fourth-order valence-electron chi connectivity index (χ4n) is 2.61. The van der Waals surface area contributed by atoms with Gasteiger partial charge in [0, 0.05) is 28.5 Å². The molecule has 0 amide bonds. The lowest BCUT2D eigenvalue weighted by Crippen LogP contribution is -2.40. The topological polar surface area (TPSA) is 3.24 Å². The lowest BCUT2D eigenvalue weighted by Gasteiger charge is -2.35. The van der Waals surface area contributed by atoms with Crippen molar-refractivity contribution >= 4 is 23.2 Å². The van der Waals surface area contributed by atoms with Crippen LogP contribution in [0.4, 0.5) is 4.39 Å². The van der Waals surface area contributed by atoms with Crippen LogP contribution in [0.1, 0.15) is 31.2 Å². The van der Waals surface area contributed by atoms with E-state index >= 15 is 0 Å². The lowest BCUT2D eigenvalue weighted by atomic mass is 9.93. The van der Waals surface area contributed by atoms with Crippen LogP contribution in [0.15, 0.2) is 18.2 Å². The van der Waals surface area contributed by atoms with Crippen LogP contribution in [0.3, 0.4) is 0 Å². The highest BCUT2D eigenvalue weighted by molar-refractivity contribution is 6.31. The molecule has 0 aromatic heterocycles. The molecule has 0 radical (unpaired) electrons. The summed E-state index contributed by atoms with van der Waals surface area (Å²) in [6.07, 6.45) is 4.51. The molecule has 1 nitrogen and oxygen atoms in total. The van der Waals surface area contributed by atoms with Crippen molar-refractivity contribution in [1.82, 2.24) is 4.90 Å². The van der Waals surface area contributed by atoms with E-state index in [4.69, 9.17) is 23.2 Å². The van der Waals surface area contributed by atoms with E-state index in [9.17, 15) is 4.39 Å². The van der Waals surface area contributed by atoms with Gasteiger partial charge in [-0.25, -0.2) is 4.39 Å². The van der Waals surface area contributed by atoms with Crippen LogP contribution in [0.25, 0.3) is 0 Å². The Bertz CT molecular complexity index is 391. The molecule has 1 aliphatic carbocycles. The largest absolute Gasteiger partial charge is 0.298 e. The van der Waals surface area contributed by atoms with E-state index < -0.39 is 0 Å². The average molecular weight is 290 g/mol. The van der Waals surface area contributed by atoms with Crippen LogP contribution in [-0.4, -0.2) is 23.4 Å². The molecule has 1 aliphatic rings. The van der Waals surface area contributed by atoms with Gasteiger partial charge in [0.05, 0.1) is 0 Å². The van der Waals surface area contributed by atoms with E-state index in [0.29, 0.717) is 23.2 Å². The van der Waals surface area contributed by atoms with E-state index in [-0.39, 0.29) is 11.2 Å². The Morgan fingerprint density at radius 1 is 1.33 bits per heavy atom. The summed E-state index contributed by atoms with van der Waals surface area (Å²) in [6.45, 7) is 0.513. The molecule has 2 rings (SSSR count). The van der Waals surface area contributed by atoms with Gasteiger partial charge in [0.2, 0.25) is 0 Å². The second-order valence-electron chi connectivity index (χ2n) is 4.98. The van der Waals surface area contributed by atoms with Gasteiger partial charge in [-0.05, 0) is 32.0 Å².